The summed E-state index contributed by atoms with van der Waals surface area (Å²) in [5.41, 5.74) is 0. The molecule has 0 aromatic heterocycles. The quantitative estimate of drug-likeness (QED) is 0.0460. The van der Waals surface area contributed by atoms with Gasteiger partial charge in [0, 0.05) is 39.1 Å². The van der Waals surface area contributed by atoms with Crippen LogP contribution in [0.5, 0.6) is 0 Å². The Hall–Kier alpha value is -1.22. The van der Waals surface area contributed by atoms with Gasteiger partial charge in [0.15, 0.2) is 0 Å². The Morgan fingerprint density at radius 1 is 0.338 bits per heavy atom. The standard InChI is InChI=1S/C57H114N2O6/c1-5-9-13-17-21-27-38-54(39-28-22-18-14-10-6-2)52-64-56(62)42-31-25-33-44-58(48-36-50-60)46-35-47-59(49-37-51-61)45-34-26-32-43-57(63)65-53-55(40-29-23-19-15-11-7-3)41-30-24-20-16-12-8-4/h54-55,60-61H,5-53H2,1-4H3. The van der Waals surface area contributed by atoms with Crippen molar-refractivity contribution in [1.29, 1.82) is 0 Å². The van der Waals surface area contributed by atoms with Crippen LogP contribution in [0.25, 0.3) is 0 Å². The average Bonchev–Trinajstić information content (AvgIpc) is 3.31. The highest BCUT2D eigenvalue weighted by Gasteiger charge is 2.15. The molecular formula is C57H114N2O6. The van der Waals surface area contributed by atoms with Crippen LogP contribution in [0.1, 0.15) is 278 Å². The molecule has 0 aliphatic rings. The molecule has 0 aromatic rings. The highest BCUT2D eigenvalue weighted by molar-refractivity contribution is 5.69. The lowest BCUT2D eigenvalue weighted by molar-refractivity contribution is -0.146. The zero-order valence-electron chi connectivity index (χ0n) is 44.2. The molecule has 65 heavy (non-hydrogen) atoms. The number of carbonyl (C=O) groups excluding carboxylic acids is 2. The van der Waals surface area contributed by atoms with Gasteiger partial charge in [0.1, 0.15) is 0 Å². The van der Waals surface area contributed by atoms with Gasteiger partial charge in [0.25, 0.3) is 0 Å². The van der Waals surface area contributed by atoms with Crippen LogP contribution in [0.4, 0.5) is 0 Å². The molecule has 0 radical (unpaired) electrons. The van der Waals surface area contributed by atoms with Crippen LogP contribution in [-0.4, -0.2) is 97.6 Å². The van der Waals surface area contributed by atoms with Crippen molar-refractivity contribution in [3.63, 3.8) is 0 Å². The molecule has 0 fully saturated rings. The molecule has 0 unspecified atom stereocenters. The minimum Gasteiger partial charge on any atom is -0.465 e. The fraction of sp³-hybridized carbons (Fsp3) is 0.965. The maximum Gasteiger partial charge on any atom is 0.305 e. The van der Waals surface area contributed by atoms with E-state index in [1.807, 2.05) is 0 Å². The zero-order valence-corrected chi connectivity index (χ0v) is 44.2. The maximum absolute atomic E-state index is 12.8. The molecule has 8 nitrogen and oxygen atoms in total. The predicted molar refractivity (Wildman–Crippen MR) is 279 cm³/mol. The summed E-state index contributed by atoms with van der Waals surface area (Å²) in [7, 11) is 0. The molecule has 388 valence electrons. The Kier molecular flexibility index (Phi) is 51.2. The van der Waals surface area contributed by atoms with E-state index in [1.165, 1.54) is 180 Å². The third-order valence-corrected chi connectivity index (χ3v) is 13.7. The number of rotatable bonds is 54. The monoisotopic (exact) mass is 923 g/mol. The first-order valence-corrected chi connectivity index (χ1v) is 28.9. The number of nitrogens with zero attached hydrogens (tertiary/aromatic N) is 2. The summed E-state index contributed by atoms with van der Waals surface area (Å²) >= 11 is 0. The first-order chi connectivity index (χ1) is 31.9. The Balaban J connectivity index is 4.59. The second-order valence-electron chi connectivity index (χ2n) is 20.1. The summed E-state index contributed by atoms with van der Waals surface area (Å²) in [5, 5.41) is 19.2. The van der Waals surface area contributed by atoms with E-state index in [0.717, 1.165) is 97.1 Å². The van der Waals surface area contributed by atoms with Crippen molar-refractivity contribution in [3.8, 4) is 0 Å². The van der Waals surface area contributed by atoms with Gasteiger partial charge in [0.2, 0.25) is 0 Å². The van der Waals surface area contributed by atoms with Gasteiger partial charge in [-0.15, -0.1) is 0 Å². The van der Waals surface area contributed by atoms with E-state index in [9.17, 15) is 19.8 Å². The third kappa shape index (κ3) is 46.3. The first kappa shape index (κ1) is 63.8. The van der Waals surface area contributed by atoms with Crippen molar-refractivity contribution in [2.75, 3.05) is 65.7 Å². The smallest absolute Gasteiger partial charge is 0.305 e. The lowest BCUT2D eigenvalue weighted by Gasteiger charge is -2.26. The zero-order chi connectivity index (χ0) is 47.5. The Morgan fingerprint density at radius 2 is 0.600 bits per heavy atom. The van der Waals surface area contributed by atoms with Gasteiger partial charge in [-0.3, -0.25) is 9.59 Å². The number of hydrogen-bond acceptors (Lipinski definition) is 8. The Labute approximate surface area is 405 Å². The van der Waals surface area contributed by atoms with Crippen LogP contribution < -0.4 is 0 Å². The van der Waals surface area contributed by atoms with Crippen LogP contribution in [0.3, 0.4) is 0 Å². The van der Waals surface area contributed by atoms with E-state index in [-0.39, 0.29) is 25.2 Å². The number of esters is 2. The van der Waals surface area contributed by atoms with E-state index in [0.29, 0.717) is 37.9 Å². The number of unbranched alkanes of at least 4 members (excludes halogenated alkanes) is 24. The fourth-order valence-corrected chi connectivity index (χ4v) is 9.38. The van der Waals surface area contributed by atoms with E-state index < -0.39 is 0 Å². The summed E-state index contributed by atoms with van der Waals surface area (Å²) in [6.07, 6.45) is 45.7. The first-order valence-electron chi connectivity index (χ1n) is 28.9. The van der Waals surface area contributed by atoms with Crippen LogP contribution in [0.15, 0.2) is 0 Å². The average molecular weight is 924 g/mol. The van der Waals surface area contributed by atoms with Crippen molar-refractivity contribution < 1.29 is 29.3 Å². The van der Waals surface area contributed by atoms with Gasteiger partial charge in [-0.1, -0.05) is 195 Å². The summed E-state index contributed by atoms with van der Waals surface area (Å²) < 4.78 is 11.7. The topological polar surface area (TPSA) is 99.5 Å². The molecule has 2 N–H and O–H groups in total. The van der Waals surface area contributed by atoms with Gasteiger partial charge in [-0.2, -0.15) is 0 Å². The van der Waals surface area contributed by atoms with E-state index >= 15 is 0 Å². The summed E-state index contributed by atoms with van der Waals surface area (Å²) in [5.74, 6) is 0.965. The normalized spacial score (nSPS) is 11.8. The molecule has 0 aliphatic heterocycles. The molecule has 0 rings (SSSR count). The highest BCUT2D eigenvalue weighted by atomic mass is 16.5. The van der Waals surface area contributed by atoms with Crippen molar-refractivity contribution >= 4 is 11.9 Å². The van der Waals surface area contributed by atoms with Gasteiger partial charge < -0.3 is 29.5 Å². The Morgan fingerprint density at radius 3 is 0.908 bits per heavy atom. The van der Waals surface area contributed by atoms with E-state index in [1.54, 1.807) is 0 Å². The minimum absolute atomic E-state index is 0.0257. The fourth-order valence-electron chi connectivity index (χ4n) is 9.38. The van der Waals surface area contributed by atoms with Crippen LogP contribution >= 0.6 is 0 Å². The molecular weight excluding hydrogens is 809 g/mol. The maximum atomic E-state index is 12.8. The largest absolute Gasteiger partial charge is 0.465 e. The third-order valence-electron chi connectivity index (χ3n) is 13.7. The lowest BCUT2D eigenvalue weighted by Crippen LogP contribution is -2.33. The molecule has 0 atom stereocenters. The van der Waals surface area contributed by atoms with Crippen molar-refractivity contribution in [2.45, 2.75) is 278 Å². The SMILES string of the molecule is CCCCCCCCC(CCCCCCCC)COC(=O)CCCCCN(CCCO)CCCN(CCCO)CCCCCC(=O)OCC(CCCCCCCC)CCCCCCCC. The number of aliphatic hydroxyl groups is 2. The molecule has 0 bridgehead atoms. The van der Waals surface area contributed by atoms with Gasteiger partial charge in [-0.05, 0) is 109 Å². The summed E-state index contributed by atoms with van der Waals surface area (Å²) in [6, 6.07) is 0. The summed E-state index contributed by atoms with van der Waals surface area (Å²) in [4.78, 5) is 30.5. The highest BCUT2D eigenvalue weighted by Crippen LogP contribution is 2.22. The number of hydrogen-bond donors (Lipinski definition) is 2. The molecule has 0 aliphatic carbocycles. The van der Waals surface area contributed by atoms with Crippen molar-refractivity contribution in [2.24, 2.45) is 11.8 Å². The summed E-state index contributed by atoms with van der Waals surface area (Å²) in [6.45, 7) is 16.4. The molecule has 0 spiro atoms. The van der Waals surface area contributed by atoms with Crippen LogP contribution in [0, 0.1) is 11.8 Å². The molecule has 0 saturated heterocycles. The molecule has 0 amide bonds. The van der Waals surface area contributed by atoms with Crippen molar-refractivity contribution in [1.82, 2.24) is 9.80 Å². The van der Waals surface area contributed by atoms with Crippen LogP contribution in [-0.2, 0) is 19.1 Å². The van der Waals surface area contributed by atoms with E-state index in [4.69, 9.17) is 9.47 Å². The lowest BCUT2D eigenvalue weighted by atomic mass is 9.94. The molecule has 0 aromatic carbocycles. The van der Waals surface area contributed by atoms with E-state index in [2.05, 4.69) is 37.5 Å². The second-order valence-corrected chi connectivity index (χ2v) is 20.1. The molecule has 0 heterocycles. The van der Waals surface area contributed by atoms with Gasteiger partial charge >= 0.3 is 11.9 Å². The second kappa shape index (κ2) is 52.2. The van der Waals surface area contributed by atoms with Crippen LogP contribution in [0.2, 0.25) is 0 Å². The van der Waals surface area contributed by atoms with Gasteiger partial charge in [0.05, 0.1) is 13.2 Å². The molecule has 8 heteroatoms. The Bertz CT molecular complexity index is 862. The molecule has 0 saturated carbocycles. The van der Waals surface area contributed by atoms with Crippen molar-refractivity contribution in [3.05, 3.63) is 0 Å². The van der Waals surface area contributed by atoms with Gasteiger partial charge in [-0.25, -0.2) is 0 Å². The number of carbonyl (C=O) groups is 2. The predicted octanol–water partition coefficient (Wildman–Crippen LogP) is 15.2. The minimum atomic E-state index is -0.0257. The number of aliphatic hydroxyl groups excluding tert-OH is 2. The number of ether oxygens (including phenoxy) is 2.